The van der Waals surface area contributed by atoms with E-state index in [1.165, 1.54) is 12.1 Å². The molecular weight excluding hydrogens is 399 g/mol. The molecule has 1 aliphatic rings. The molecule has 1 fully saturated rings. The highest BCUT2D eigenvalue weighted by Gasteiger charge is 2.40. The third-order valence-electron chi connectivity index (χ3n) is 5.77. The molecule has 2 N–H and O–H groups in total. The Kier molecular flexibility index (Phi) is 6.97. The molecule has 0 aliphatic carbocycles. The van der Waals surface area contributed by atoms with Crippen molar-refractivity contribution in [2.45, 2.75) is 52.5 Å². The molecule has 2 heterocycles. The molecule has 0 spiro atoms. The molecule has 2 amide bonds. The maximum atomic E-state index is 13.4. The number of carbonyl (C=O) groups is 2. The molecule has 0 bridgehead atoms. The number of hydrogen-bond acceptors (Lipinski definition) is 4. The van der Waals surface area contributed by atoms with Gasteiger partial charge in [-0.2, -0.15) is 5.10 Å². The van der Waals surface area contributed by atoms with Crippen LogP contribution in [0.4, 0.5) is 4.39 Å². The van der Waals surface area contributed by atoms with Gasteiger partial charge in [0.05, 0.1) is 12.3 Å². The van der Waals surface area contributed by atoms with Crippen LogP contribution in [0.15, 0.2) is 30.3 Å². The maximum Gasteiger partial charge on any atom is 0.272 e. The Morgan fingerprint density at radius 2 is 2.00 bits per heavy atom. The van der Waals surface area contributed by atoms with Crippen LogP contribution in [0.3, 0.4) is 0 Å². The zero-order chi connectivity index (χ0) is 22.6. The number of ether oxygens (including phenoxy) is 1. The number of aryl methyl sites for hydroxylation is 1. The summed E-state index contributed by atoms with van der Waals surface area (Å²) < 4.78 is 20.8. The number of halogens is 1. The van der Waals surface area contributed by atoms with Gasteiger partial charge in [-0.25, -0.2) is 4.39 Å². The van der Waals surface area contributed by atoms with E-state index in [1.54, 1.807) is 21.7 Å². The second-order valence-electron chi connectivity index (χ2n) is 8.64. The van der Waals surface area contributed by atoms with Gasteiger partial charge in [0.25, 0.3) is 5.91 Å². The minimum absolute atomic E-state index is 0.100. The first-order valence-electron chi connectivity index (χ1n) is 10.8. The number of nitrogens with two attached hydrogens (primary N) is 1. The van der Waals surface area contributed by atoms with Crippen LogP contribution in [-0.2, 0) is 11.3 Å². The van der Waals surface area contributed by atoms with Crippen molar-refractivity contribution in [2.24, 2.45) is 11.1 Å². The topological polar surface area (TPSA) is 90.4 Å². The number of primary amides is 1. The largest absolute Gasteiger partial charge is 0.493 e. The number of aromatic nitrogens is 2. The van der Waals surface area contributed by atoms with Gasteiger partial charge in [-0.05, 0) is 56.0 Å². The van der Waals surface area contributed by atoms with Gasteiger partial charge in [0.2, 0.25) is 5.91 Å². The number of hydrogen-bond donors (Lipinski definition) is 1. The lowest BCUT2D eigenvalue weighted by molar-refractivity contribution is -0.122. The number of amides is 2. The summed E-state index contributed by atoms with van der Waals surface area (Å²) in [4.78, 5) is 27.0. The zero-order valence-corrected chi connectivity index (χ0v) is 18.4. The van der Waals surface area contributed by atoms with Crippen LogP contribution < -0.4 is 10.5 Å². The summed E-state index contributed by atoms with van der Waals surface area (Å²) in [5.74, 6) is -0.144. The minimum atomic E-state index is -0.591. The summed E-state index contributed by atoms with van der Waals surface area (Å²) >= 11 is 0. The van der Waals surface area contributed by atoms with Crippen LogP contribution >= 0.6 is 0 Å². The lowest BCUT2D eigenvalue weighted by Gasteiger charge is -2.42. The predicted molar refractivity (Wildman–Crippen MR) is 115 cm³/mol. The van der Waals surface area contributed by atoms with E-state index in [4.69, 9.17) is 10.5 Å². The number of benzene rings is 1. The summed E-state index contributed by atoms with van der Waals surface area (Å²) in [6.45, 7) is 7.82. The molecular formula is C23H31FN4O3. The summed E-state index contributed by atoms with van der Waals surface area (Å²) in [5.41, 5.74) is 6.40. The second-order valence-corrected chi connectivity index (χ2v) is 8.64. The molecule has 7 nitrogen and oxygen atoms in total. The van der Waals surface area contributed by atoms with Gasteiger partial charge < -0.3 is 15.4 Å². The summed E-state index contributed by atoms with van der Waals surface area (Å²) in [6.07, 6.45) is 1.57. The van der Waals surface area contributed by atoms with Crippen molar-refractivity contribution in [3.8, 4) is 5.75 Å². The van der Waals surface area contributed by atoms with Gasteiger partial charge in [-0.15, -0.1) is 0 Å². The summed E-state index contributed by atoms with van der Waals surface area (Å²) in [7, 11) is 0. The zero-order valence-electron chi connectivity index (χ0n) is 18.4. The van der Waals surface area contributed by atoms with E-state index in [2.05, 4.69) is 5.10 Å². The number of carbonyl (C=O) groups excluding carboxylic acids is 2. The Hall–Kier alpha value is -2.90. The number of nitrogens with zero attached hydrogens (tertiary/aromatic N) is 3. The van der Waals surface area contributed by atoms with Crippen molar-refractivity contribution in [1.82, 2.24) is 14.7 Å². The number of piperidine rings is 1. The van der Waals surface area contributed by atoms with Crippen LogP contribution in [0.1, 0.15) is 62.1 Å². The first kappa shape index (κ1) is 22.8. The standard InChI is InChI=1S/C23H31FN4O3/c1-4-28-20(12-19(26-28)16(2)3)22(30)27-11-5-10-23(14-27,13-21(25)29)15-31-18-8-6-17(24)7-9-18/h6-9,12,16H,4-5,10-11,13-15H2,1-3H3,(H2,25,29)/t23-/m1/s1. The average molecular weight is 431 g/mol. The van der Waals surface area contributed by atoms with Crippen LogP contribution in [0.2, 0.25) is 0 Å². The van der Waals surface area contributed by atoms with Crippen LogP contribution in [0.25, 0.3) is 0 Å². The average Bonchev–Trinajstić information content (AvgIpc) is 3.17. The van der Waals surface area contributed by atoms with E-state index in [-0.39, 0.29) is 30.7 Å². The van der Waals surface area contributed by atoms with Gasteiger partial charge in [0.15, 0.2) is 0 Å². The number of rotatable bonds is 8. The van der Waals surface area contributed by atoms with Crippen LogP contribution in [-0.4, -0.2) is 46.2 Å². The first-order chi connectivity index (χ1) is 14.7. The fourth-order valence-electron chi connectivity index (χ4n) is 4.13. The Morgan fingerprint density at radius 3 is 2.61 bits per heavy atom. The molecule has 3 rings (SSSR count). The SMILES string of the molecule is CCn1nc(C(C)C)cc1C(=O)N1CCC[C@@](COc2ccc(F)cc2)(CC(N)=O)C1. The molecule has 1 saturated heterocycles. The van der Waals surface area contributed by atoms with Crippen molar-refractivity contribution >= 4 is 11.8 Å². The molecule has 1 aromatic carbocycles. The molecule has 1 aliphatic heterocycles. The molecule has 0 saturated carbocycles. The molecule has 0 unspecified atom stereocenters. The van der Waals surface area contributed by atoms with Crippen LogP contribution in [0.5, 0.6) is 5.75 Å². The fourth-order valence-corrected chi connectivity index (χ4v) is 4.13. The Morgan fingerprint density at radius 1 is 1.29 bits per heavy atom. The quantitative estimate of drug-likeness (QED) is 0.695. The van der Waals surface area contributed by atoms with E-state index in [0.29, 0.717) is 37.5 Å². The van der Waals surface area contributed by atoms with Gasteiger partial charge in [0.1, 0.15) is 17.3 Å². The second kappa shape index (κ2) is 9.49. The van der Waals surface area contributed by atoms with E-state index in [0.717, 1.165) is 12.1 Å². The lowest BCUT2D eigenvalue weighted by Crippen LogP contribution is -2.50. The first-order valence-corrected chi connectivity index (χ1v) is 10.8. The van der Waals surface area contributed by atoms with Crippen LogP contribution in [0, 0.1) is 11.2 Å². The Labute approximate surface area is 182 Å². The van der Waals surface area contributed by atoms with Gasteiger partial charge in [-0.1, -0.05) is 13.8 Å². The molecule has 1 atom stereocenters. The van der Waals surface area contributed by atoms with Crippen molar-refractivity contribution < 1.29 is 18.7 Å². The molecule has 168 valence electrons. The molecule has 2 aromatic rings. The highest BCUT2D eigenvalue weighted by Crippen LogP contribution is 2.35. The molecule has 1 aromatic heterocycles. The van der Waals surface area contributed by atoms with Crippen molar-refractivity contribution in [2.75, 3.05) is 19.7 Å². The fraction of sp³-hybridized carbons (Fsp3) is 0.522. The van der Waals surface area contributed by atoms with Crippen molar-refractivity contribution in [3.63, 3.8) is 0 Å². The summed E-state index contributed by atoms with van der Waals surface area (Å²) in [6, 6.07) is 7.60. The minimum Gasteiger partial charge on any atom is -0.493 e. The molecule has 0 radical (unpaired) electrons. The smallest absolute Gasteiger partial charge is 0.272 e. The van der Waals surface area contributed by atoms with Gasteiger partial charge in [0, 0.05) is 31.5 Å². The Bertz CT molecular complexity index is 925. The molecule has 31 heavy (non-hydrogen) atoms. The third-order valence-corrected chi connectivity index (χ3v) is 5.77. The highest BCUT2D eigenvalue weighted by atomic mass is 19.1. The predicted octanol–water partition coefficient (Wildman–Crippen LogP) is 3.34. The monoisotopic (exact) mass is 430 g/mol. The van der Waals surface area contributed by atoms with E-state index >= 15 is 0 Å². The van der Waals surface area contributed by atoms with Gasteiger partial charge >= 0.3 is 0 Å². The third kappa shape index (κ3) is 5.42. The van der Waals surface area contributed by atoms with Crippen molar-refractivity contribution in [3.05, 3.63) is 47.5 Å². The van der Waals surface area contributed by atoms with Gasteiger partial charge in [-0.3, -0.25) is 14.3 Å². The highest BCUT2D eigenvalue weighted by molar-refractivity contribution is 5.93. The maximum absolute atomic E-state index is 13.4. The number of likely N-dealkylation sites (tertiary alicyclic amines) is 1. The lowest BCUT2D eigenvalue weighted by atomic mass is 9.77. The van der Waals surface area contributed by atoms with E-state index in [9.17, 15) is 14.0 Å². The van der Waals surface area contributed by atoms with E-state index < -0.39 is 11.3 Å². The normalized spacial score (nSPS) is 18.9. The van der Waals surface area contributed by atoms with E-state index in [1.807, 2.05) is 26.8 Å². The van der Waals surface area contributed by atoms with Crippen molar-refractivity contribution in [1.29, 1.82) is 0 Å². The Balaban J connectivity index is 1.80. The molecule has 8 heteroatoms. The summed E-state index contributed by atoms with van der Waals surface area (Å²) in [5, 5.41) is 4.55.